The fourth-order valence-electron chi connectivity index (χ4n) is 2.36. The van der Waals surface area contributed by atoms with Gasteiger partial charge in [-0.1, -0.05) is 35.5 Å². The van der Waals surface area contributed by atoms with Crippen LogP contribution in [0.3, 0.4) is 0 Å². The highest BCUT2D eigenvalue weighted by Crippen LogP contribution is 2.44. The van der Waals surface area contributed by atoms with Gasteiger partial charge in [-0.15, -0.1) is 0 Å². The second kappa shape index (κ2) is 4.59. The second-order valence-corrected chi connectivity index (χ2v) is 4.80. The maximum atomic E-state index is 13.3. The lowest BCUT2D eigenvalue weighted by Crippen LogP contribution is -2.44. The van der Waals surface area contributed by atoms with Gasteiger partial charge in [-0.2, -0.15) is 18.2 Å². The largest absolute Gasteiger partial charge is 0.404 e. The third-order valence-corrected chi connectivity index (χ3v) is 3.57. The quantitative estimate of drug-likeness (QED) is 0.920. The molecule has 1 atom stereocenters. The Kier molecular flexibility index (Phi) is 3.01. The second-order valence-electron chi connectivity index (χ2n) is 4.80. The molecule has 20 heavy (non-hydrogen) atoms. The van der Waals surface area contributed by atoms with Gasteiger partial charge in [-0.25, -0.2) is 0 Å². The molecule has 0 amide bonds. The summed E-state index contributed by atoms with van der Waals surface area (Å²) in [5.74, 6) is -0.190. The molecule has 3 rings (SSSR count). The highest BCUT2D eigenvalue weighted by Gasteiger charge is 2.61. The average molecular weight is 283 g/mol. The average Bonchev–Trinajstić information content (AvgIpc) is 3.09. The third-order valence-electron chi connectivity index (χ3n) is 3.57. The van der Waals surface area contributed by atoms with Gasteiger partial charge in [-0.3, -0.25) is 0 Å². The molecule has 2 heterocycles. The fraction of sp³-hybridized carbons (Fsp3) is 0.385. The molecule has 0 aliphatic carbocycles. The molecular weight excluding hydrogens is 271 g/mol. The lowest BCUT2D eigenvalue weighted by atomic mass is 9.86. The Balaban J connectivity index is 2.01. The zero-order valence-electron chi connectivity index (χ0n) is 10.4. The molecule has 0 radical (unpaired) electrons. The summed E-state index contributed by atoms with van der Waals surface area (Å²) in [5, 5.41) is 6.40. The summed E-state index contributed by atoms with van der Waals surface area (Å²) in [6.45, 7) is 0.0511. The van der Waals surface area contributed by atoms with Crippen LogP contribution in [0.5, 0.6) is 0 Å². The maximum Gasteiger partial charge on any atom is 0.404 e. The number of nitrogens with zero attached hydrogens (tertiary/aromatic N) is 2. The van der Waals surface area contributed by atoms with Crippen LogP contribution in [-0.2, 0) is 5.41 Å². The lowest BCUT2D eigenvalue weighted by Gasteiger charge is -2.26. The van der Waals surface area contributed by atoms with E-state index < -0.39 is 11.6 Å². The Morgan fingerprint density at radius 2 is 1.95 bits per heavy atom. The Hall–Kier alpha value is -1.89. The molecule has 0 saturated carbocycles. The van der Waals surface area contributed by atoms with Crippen molar-refractivity contribution in [3.63, 3.8) is 0 Å². The van der Waals surface area contributed by atoms with Gasteiger partial charge in [0.05, 0.1) is 0 Å². The number of alkyl halides is 3. The molecule has 1 saturated heterocycles. The Morgan fingerprint density at radius 3 is 2.55 bits per heavy atom. The van der Waals surface area contributed by atoms with E-state index in [0.29, 0.717) is 5.56 Å². The van der Waals surface area contributed by atoms with Crippen LogP contribution in [-0.4, -0.2) is 29.4 Å². The number of hydrogen-bond donors (Lipinski definition) is 1. The van der Waals surface area contributed by atoms with E-state index in [4.69, 9.17) is 4.52 Å². The number of rotatable bonds is 2. The predicted molar refractivity (Wildman–Crippen MR) is 65.0 cm³/mol. The first-order chi connectivity index (χ1) is 9.53. The lowest BCUT2D eigenvalue weighted by molar-refractivity contribution is -0.191. The standard InChI is InChI=1S/C13H12F3N3O/c14-13(15,16)12(6-7-17-8-12)11-18-10(19-20-11)9-4-2-1-3-5-9/h1-5,17H,6-8H2/t12-/m1/s1. The van der Waals surface area contributed by atoms with E-state index in [2.05, 4.69) is 15.5 Å². The molecule has 1 aromatic heterocycles. The van der Waals surface area contributed by atoms with Crippen LogP contribution in [0.25, 0.3) is 11.4 Å². The first-order valence-electron chi connectivity index (χ1n) is 6.20. The third kappa shape index (κ3) is 1.98. The van der Waals surface area contributed by atoms with Crippen molar-refractivity contribution in [3.8, 4) is 11.4 Å². The summed E-state index contributed by atoms with van der Waals surface area (Å²) in [4.78, 5) is 3.96. The zero-order chi connectivity index (χ0) is 14.2. The Bertz CT molecular complexity index is 588. The monoisotopic (exact) mass is 283 g/mol. The molecule has 1 aromatic carbocycles. The SMILES string of the molecule is FC(F)(F)[C@]1(c2nc(-c3ccccc3)no2)CCNC1. The van der Waals surface area contributed by atoms with Crippen molar-refractivity contribution in [1.82, 2.24) is 15.5 Å². The van der Waals surface area contributed by atoms with Crippen LogP contribution in [0.2, 0.25) is 0 Å². The summed E-state index contributed by atoms with van der Waals surface area (Å²) in [6.07, 6.45) is -4.51. The smallest absolute Gasteiger partial charge is 0.338 e. The molecule has 0 spiro atoms. The summed E-state index contributed by atoms with van der Waals surface area (Å²) in [6, 6.07) is 8.79. The van der Waals surface area contributed by atoms with Crippen molar-refractivity contribution in [1.29, 1.82) is 0 Å². The first kappa shape index (κ1) is 13.1. The number of halogens is 3. The molecule has 7 heteroatoms. The van der Waals surface area contributed by atoms with Crippen LogP contribution >= 0.6 is 0 Å². The molecule has 106 valence electrons. The van der Waals surface area contributed by atoms with Crippen molar-refractivity contribution in [3.05, 3.63) is 36.2 Å². The number of aromatic nitrogens is 2. The van der Waals surface area contributed by atoms with Crippen molar-refractivity contribution in [2.75, 3.05) is 13.1 Å². The normalized spacial score (nSPS) is 23.1. The molecule has 1 aliphatic heterocycles. The summed E-state index contributed by atoms with van der Waals surface area (Å²) in [5.41, 5.74) is -1.45. The van der Waals surface area contributed by atoms with Crippen molar-refractivity contribution < 1.29 is 17.7 Å². The van der Waals surface area contributed by atoms with Gasteiger partial charge in [0.2, 0.25) is 11.7 Å². The Labute approximate surface area is 113 Å². The van der Waals surface area contributed by atoms with E-state index in [1.165, 1.54) is 0 Å². The molecule has 0 unspecified atom stereocenters. The minimum Gasteiger partial charge on any atom is -0.338 e. The molecule has 1 fully saturated rings. The van der Waals surface area contributed by atoms with E-state index in [1.807, 2.05) is 6.07 Å². The minimum absolute atomic E-state index is 0.0904. The maximum absolute atomic E-state index is 13.3. The highest BCUT2D eigenvalue weighted by atomic mass is 19.4. The van der Waals surface area contributed by atoms with E-state index in [0.717, 1.165) is 0 Å². The van der Waals surface area contributed by atoms with Gasteiger partial charge in [0.25, 0.3) is 0 Å². The van der Waals surface area contributed by atoms with Gasteiger partial charge in [-0.05, 0) is 13.0 Å². The van der Waals surface area contributed by atoms with Crippen LogP contribution in [0.15, 0.2) is 34.9 Å². The van der Waals surface area contributed by atoms with E-state index >= 15 is 0 Å². The predicted octanol–water partition coefficient (Wildman–Crippen LogP) is 2.53. The van der Waals surface area contributed by atoms with Crippen molar-refractivity contribution in [2.45, 2.75) is 18.0 Å². The molecule has 1 aliphatic rings. The van der Waals surface area contributed by atoms with Crippen molar-refractivity contribution >= 4 is 0 Å². The van der Waals surface area contributed by atoms with Crippen LogP contribution in [0, 0.1) is 0 Å². The topological polar surface area (TPSA) is 51.0 Å². The van der Waals surface area contributed by atoms with Crippen LogP contribution in [0.4, 0.5) is 13.2 Å². The first-order valence-corrected chi connectivity index (χ1v) is 6.20. The number of benzene rings is 1. The Morgan fingerprint density at radius 1 is 1.20 bits per heavy atom. The van der Waals surface area contributed by atoms with Gasteiger partial charge in [0.1, 0.15) is 0 Å². The van der Waals surface area contributed by atoms with E-state index in [1.54, 1.807) is 24.3 Å². The summed E-state index contributed by atoms with van der Waals surface area (Å²) in [7, 11) is 0. The highest BCUT2D eigenvalue weighted by molar-refractivity contribution is 5.53. The summed E-state index contributed by atoms with van der Waals surface area (Å²) >= 11 is 0. The fourth-order valence-corrected chi connectivity index (χ4v) is 2.36. The van der Waals surface area contributed by atoms with E-state index in [-0.39, 0.29) is 31.2 Å². The van der Waals surface area contributed by atoms with Crippen LogP contribution < -0.4 is 5.32 Å². The molecule has 0 bridgehead atoms. The minimum atomic E-state index is -4.42. The number of nitrogens with one attached hydrogen (secondary N) is 1. The van der Waals surface area contributed by atoms with Gasteiger partial charge < -0.3 is 9.84 Å². The van der Waals surface area contributed by atoms with Crippen LogP contribution in [0.1, 0.15) is 12.3 Å². The van der Waals surface area contributed by atoms with E-state index in [9.17, 15) is 13.2 Å². The molecule has 4 nitrogen and oxygen atoms in total. The number of hydrogen-bond acceptors (Lipinski definition) is 4. The van der Waals surface area contributed by atoms with Gasteiger partial charge >= 0.3 is 6.18 Å². The molecular formula is C13H12F3N3O. The summed E-state index contributed by atoms with van der Waals surface area (Å²) < 4.78 is 44.9. The van der Waals surface area contributed by atoms with Gasteiger partial charge in [0, 0.05) is 12.1 Å². The van der Waals surface area contributed by atoms with Gasteiger partial charge in [0.15, 0.2) is 5.41 Å². The van der Waals surface area contributed by atoms with Crippen molar-refractivity contribution in [2.24, 2.45) is 0 Å². The molecule has 2 aromatic rings. The zero-order valence-corrected chi connectivity index (χ0v) is 10.4. The molecule has 1 N–H and O–H groups in total.